The first-order valence-corrected chi connectivity index (χ1v) is 8.44. The fraction of sp³-hybridized carbons (Fsp3) is 0.500. The number of hydrogen-bond acceptors (Lipinski definition) is 5. The lowest BCUT2D eigenvalue weighted by Crippen LogP contribution is -2.30. The first kappa shape index (κ1) is 17.4. The molecule has 116 valence electrons. The molecule has 3 N–H and O–H groups in total. The first-order valence-electron chi connectivity index (χ1n) is 6.96. The van der Waals surface area contributed by atoms with Crippen molar-refractivity contribution in [2.24, 2.45) is 0 Å². The third kappa shape index (κ3) is 5.01. The summed E-state index contributed by atoms with van der Waals surface area (Å²) in [5.41, 5.74) is 6.13. The van der Waals surface area contributed by atoms with Gasteiger partial charge in [0.05, 0.1) is 17.3 Å². The number of rotatable bonds is 8. The molecule has 0 spiro atoms. The minimum atomic E-state index is -3.63. The van der Waals surface area contributed by atoms with Crippen molar-refractivity contribution in [2.75, 3.05) is 31.9 Å². The van der Waals surface area contributed by atoms with Crippen molar-refractivity contribution in [3.8, 4) is 6.07 Å². The van der Waals surface area contributed by atoms with Crippen LogP contribution in [0.2, 0.25) is 0 Å². The molecule has 1 rings (SSSR count). The zero-order valence-corrected chi connectivity index (χ0v) is 13.3. The summed E-state index contributed by atoms with van der Waals surface area (Å²) >= 11 is 0. The van der Waals surface area contributed by atoms with Gasteiger partial charge >= 0.3 is 0 Å². The van der Waals surface area contributed by atoms with Crippen molar-refractivity contribution >= 4 is 15.7 Å². The van der Waals surface area contributed by atoms with E-state index in [1.165, 1.54) is 18.2 Å². The molecule has 0 bridgehead atoms. The molecule has 21 heavy (non-hydrogen) atoms. The summed E-state index contributed by atoms with van der Waals surface area (Å²) in [6.45, 7) is 7.25. The third-order valence-corrected chi connectivity index (χ3v) is 4.80. The largest absolute Gasteiger partial charge is 0.398 e. The van der Waals surface area contributed by atoms with E-state index in [-0.39, 0.29) is 10.6 Å². The number of anilines is 1. The molecule has 7 heteroatoms. The van der Waals surface area contributed by atoms with Crippen molar-refractivity contribution in [2.45, 2.75) is 25.2 Å². The second kappa shape index (κ2) is 7.98. The number of sulfonamides is 1. The van der Waals surface area contributed by atoms with Crippen LogP contribution in [-0.4, -0.2) is 39.5 Å². The van der Waals surface area contributed by atoms with Gasteiger partial charge in [-0.1, -0.05) is 13.8 Å². The Kier molecular flexibility index (Phi) is 6.62. The molecule has 0 radical (unpaired) electrons. The first-order chi connectivity index (χ1) is 9.94. The van der Waals surface area contributed by atoms with Gasteiger partial charge in [-0.15, -0.1) is 0 Å². The van der Waals surface area contributed by atoms with E-state index in [0.29, 0.717) is 12.1 Å². The van der Waals surface area contributed by atoms with Gasteiger partial charge in [0.25, 0.3) is 0 Å². The molecule has 0 fully saturated rings. The molecule has 0 aliphatic carbocycles. The number of nitrogens with two attached hydrogens (primary N) is 1. The molecule has 6 nitrogen and oxygen atoms in total. The van der Waals surface area contributed by atoms with Gasteiger partial charge in [0, 0.05) is 6.54 Å². The van der Waals surface area contributed by atoms with Crippen LogP contribution in [0.3, 0.4) is 0 Å². The van der Waals surface area contributed by atoms with Crippen molar-refractivity contribution in [1.29, 1.82) is 5.26 Å². The van der Waals surface area contributed by atoms with Gasteiger partial charge in [-0.3, -0.25) is 0 Å². The zero-order chi connectivity index (χ0) is 15.9. The fourth-order valence-electron chi connectivity index (χ4n) is 1.99. The number of benzene rings is 1. The number of nitrogen functional groups attached to an aromatic ring is 1. The van der Waals surface area contributed by atoms with Crippen LogP contribution >= 0.6 is 0 Å². The molecule has 0 atom stereocenters. The maximum absolute atomic E-state index is 12.1. The molecule has 0 heterocycles. The van der Waals surface area contributed by atoms with E-state index in [4.69, 9.17) is 11.0 Å². The zero-order valence-electron chi connectivity index (χ0n) is 12.5. The second-order valence-electron chi connectivity index (χ2n) is 4.64. The van der Waals surface area contributed by atoms with Gasteiger partial charge in [0.2, 0.25) is 10.0 Å². The molecule has 0 aliphatic heterocycles. The Bertz CT molecular complexity index is 604. The van der Waals surface area contributed by atoms with E-state index in [0.717, 1.165) is 26.1 Å². The SMILES string of the molecule is CCN(CC)CCCNS(=O)(=O)c1ccc(C#N)cc1N. The van der Waals surface area contributed by atoms with Crippen LogP contribution in [0, 0.1) is 11.3 Å². The summed E-state index contributed by atoms with van der Waals surface area (Å²) in [6.07, 6.45) is 0.733. The van der Waals surface area contributed by atoms with E-state index in [2.05, 4.69) is 23.5 Å². The highest BCUT2D eigenvalue weighted by molar-refractivity contribution is 7.89. The van der Waals surface area contributed by atoms with E-state index >= 15 is 0 Å². The molecule has 1 aromatic carbocycles. The lowest BCUT2D eigenvalue weighted by atomic mass is 10.2. The molecule has 1 aromatic rings. The van der Waals surface area contributed by atoms with Crippen LogP contribution in [0.4, 0.5) is 5.69 Å². The molecule has 0 saturated carbocycles. The van der Waals surface area contributed by atoms with Crippen LogP contribution in [0.5, 0.6) is 0 Å². The molecule has 0 aliphatic rings. The number of nitrogens with one attached hydrogen (secondary N) is 1. The molecule has 0 saturated heterocycles. The monoisotopic (exact) mass is 310 g/mol. The van der Waals surface area contributed by atoms with E-state index in [9.17, 15) is 8.42 Å². The van der Waals surface area contributed by atoms with Crippen molar-refractivity contribution < 1.29 is 8.42 Å². The van der Waals surface area contributed by atoms with E-state index < -0.39 is 10.0 Å². The lowest BCUT2D eigenvalue weighted by Gasteiger charge is -2.17. The normalized spacial score (nSPS) is 11.5. The highest BCUT2D eigenvalue weighted by atomic mass is 32.2. The van der Waals surface area contributed by atoms with E-state index in [1.807, 2.05) is 6.07 Å². The summed E-state index contributed by atoms with van der Waals surface area (Å²) in [7, 11) is -3.63. The molecular formula is C14H22N4O2S. The minimum absolute atomic E-state index is 0.0179. The second-order valence-corrected chi connectivity index (χ2v) is 6.38. The van der Waals surface area contributed by atoms with Crippen molar-refractivity contribution in [3.05, 3.63) is 23.8 Å². The highest BCUT2D eigenvalue weighted by Crippen LogP contribution is 2.19. The van der Waals surface area contributed by atoms with E-state index in [1.54, 1.807) is 0 Å². The van der Waals surface area contributed by atoms with Crippen molar-refractivity contribution in [3.63, 3.8) is 0 Å². The van der Waals surface area contributed by atoms with Crippen LogP contribution in [-0.2, 0) is 10.0 Å². The Morgan fingerprint density at radius 1 is 1.33 bits per heavy atom. The maximum Gasteiger partial charge on any atom is 0.242 e. The highest BCUT2D eigenvalue weighted by Gasteiger charge is 2.17. The van der Waals surface area contributed by atoms with Crippen LogP contribution in [0.1, 0.15) is 25.8 Å². The fourth-order valence-corrected chi connectivity index (χ4v) is 3.17. The summed E-state index contributed by atoms with van der Waals surface area (Å²) < 4.78 is 26.8. The quantitative estimate of drug-likeness (QED) is 0.554. The van der Waals surface area contributed by atoms with Crippen LogP contribution < -0.4 is 10.5 Å². The summed E-state index contributed by atoms with van der Waals surface area (Å²) in [5, 5.41) is 8.75. The van der Waals surface area contributed by atoms with Gasteiger partial charge in [0.1, 0.15) is 4.90 Å². The molecule has 0 aromatic heterocycles. The smallest absolute Gasteiger partial charge is 0.242 e. The van der Waals surface area contributed by atoms with Gasteiger partial charge in [-0.25, -0.2) is 13.1 Å². The molecule has 0 amide bonds. The van der Waals surface area contributed by atoms with Gasteiger partial charge in [-0.05, 0) is 44.3 Å². The van der Waals surface area contributed by atoms with Gasteiger partial charge in [-0.2, -0.15) is 5.26 Å². The summed E-state index contributed by atoms with van der Waals surface area (Å²) in [6, 6.07) is 6.10. The predicted octanol–water partition coefficient (Wildman–Crippen LogP) is 1.15. The molecular weight excluding hydrogens is 288 g/mol. The minimum Gasteiger partial charge on any atom is -0.398 e. The topological polar surface area (TPSA) is 99.2 Å². The summed E-state index contributed by atoms with van der Waals surface area (Å²) in [5.74, 6) is 0. The Hall–Kier alpha value is -1.62. The average Bonchev–Trinajstić information content (AvgIpc) is 2.47. The maximum atomic E-state index is 12.1. The van der Waals surface area contributed by atoms with Gasteiger partial charge in [0.15, 0.2) is 0 Å². The van der Waals surface area contributed by atoms with Crippen LogP contribution in [0.25, 0.3) is 0 Å². The predicted molar refractivity (Wildman–Crippen MR) is 83.2 cm³/mol. The third-order valence-electron chi connectivity index (χ3n) is 3.27. The Labute approximate surface area is 126 Å². The standard InChI is InChI=1S/C14H22N4O2S/c1-3-18(4-2)9-5-8-17-21(19,20)14-7-6-12(11-15)10-13(14)16/h6-7,10,17H,3-5,8-9,16H2,1-2H3. The number of nitrogens with zero attached hydrogens (tertiary/aromatic N) is 2. The van der Waals surface area contributed by atoms with Crippen molar-refractivity contribution in [1.82, 2.24) is 9.62 Å². The Morgan fingerprint density at radius 2 is 2.00 bits per heavy atom. The molecule has 0 unspecified atom stereocenters. The average molecular weight is 310 g/mol. The number of nitriles is 1. The Morgan fingerprint density at radius 3 is 2.52 bits per heavy atom. The van der Waals surface area contributed by atoms with Crippen LogP contribution in [0.15, 0.2) is 23.1 Å². The number of hydrogen-bond donors (Lipinski definition) is 2. The van der Waals surface area contributed by atoms with Gasteiger partial charge < -0.3 is 10.6 Å². The Balaban J connectivity index is 2.64. The summed E-state index contributed by atoms with van der Waals surface area (Å²) in [4.78, 5) is 2.24. The lowest BCUT2D eigenvalue weighted by molar-refractivity contribution is 0.300.